The fourth-order valence-corrected chi connectivity index (χ4v) is 8.09. The summed E-state index contributed by atoms with van der Waals surface area (Å²) in [6, 6.07) is 18.6. The zero-order valence-corrected chi connectivity index (χ0v) is 31.9. The van der Waals surface area contributed by atoms with E-state index in [1.165, 1.54) is 27.6 Å². The van der Waals surface area contributed by atoms with E-state index in [0.717, 1.165) is 36.9 Å². The molecule has 0 bridgehead atoms. The summed E-state index contributed by atoms with van der Waals surface area (Å²) in [6.45, 7) is 4.32. The van der Waals surface area contributed by atoms with Crippen molar-refractivity contribution in [1.29, 1.82) is 0 Å². The quantitative estimate of drug-likeness (QED) is 0.0784. The van der Waals surface area contributed by atoms with Crippen molar-refractivity contribution in [2.45, 2.75) is 88.6 Å². The average molecular weight is 751 g/mol. The smallest absolute Gasteiger partial charge is 0.318 e. The van der Waals surface area contributed by atoms with E-state index in [-0.39, 0.29) is 42.8 Å². The average Bonchev–Trinajstić information content (AvgIpc) is 3.67. The highest BCUT2D eigenvalue weighted by Gasteiger charge is 2.35. The van der Waals surface area contributed by atoms with E-state index in [1.807, 2.05) is 62.4 Å². The lowest BCUT2D eigenvalue weighted by atomic mass is 9.96. The van der Waals surface area contributed by atoms with Gasteiger partial charge in [0.05, 0.1) is 47.8 Å². The summed E-state index contributed by atoms with van der Waals surface area (Å²) in [4.78, 5) is 33.6. The summed E-state index contributed by atoms with van der Waals surface area (Å²) in [5.74, 6) is -0.602. The summed E-state index contributed by atoms with van der Waals surface area (Å²) in [7, 11) is -0.850. The molecule has 3 amide bonds. The number of carbonyl (C=O) groups excluding carboxylic acids is 2. The Kier molecular flexibility index (Phi) is 15.8. The third-order valence-corrected chi connectivity index (χ3v) is 11.7. The molecule has 1 heterocycles. The van der Waals surface area contributed by atoms with Crippen LogP contribution in [-0.2, 0) is 39.1 Å². The van der Waals surface area contributed by atoms with Gasteiger partial charge in [0.25, 0.3) is 0 Å². The highest BCUT2D eigenvalue weighted by Crippen LogP contribution is 2.28. The van der Waals surface area contributed by atoms with E-state index >= 15 is 0 Å². The molecule has 288 valence electrons. The number of aromatic nitrogens is 1. The Morgan fingerprint density at radius 2 is 1.70 bits per heavy atom. The fourth-order valence-electron chi connectivity index (χ4n) is 6.56. The summed E-state index contributed by atoms with van der Waals surface area (Å²) in [6.07, 6.45) is 4.53. The Balaban J connectivity index is 1.56. The lowest BCUT2D eigenvalue weighted by molar-refractivity contribution is -0.125. The van der Waals surface area contributed by atoms with Crippen LogP contribution < -0.4 is 10.6 Å². The van der Waals surface area contributed by atoms with Crippen molar-refractivity contribution in [2.24, 2.45) is 17.0 Å². The van der Waals surface area contributed by atoms with Crippen molar-refractivity contribution in [3.05, 3.63) is 95.3 Å². The summed E-state index contributed by atoms with van der Waals surface area (Å²) < 4.78 is 34.7. The monoisotopic (exact) mass is 750 g/mol. The minimum Gasteiger partial charge on any atom is -0.411 e. The Bertz CT molecular complexity index is 1740. The van der Waals surface area contributed by atoms with Crippen LogP contribution in [-0.4, -0.2) is 96.5 Å². The number of methoxy groups -OCH3 is 1. The number of aliphatic hydroxyl groups excluding tert-OH is 1. The molecule has 0 aliphatic heterocycles. The van der Waals surface area contributed by atoms with Crippen LogP contribution in [0.1, 0.15) is 68.5 Å². The number of rotatable bonds is 19. The largest absolute Gasteiger partial charge is 0.411 e. The second-order valence-corrected chi connectivity index (χ2v) is 15.8. The molecule has 0 saturated heterocycles. The summed E-state index contributed by atoms with van der Waals surface area (Å²) in [5.41, 5.74) is 2.77. The van der Waals surface area contributed by atoms with Crippen LogP contribution in [0.3, 0.4) is 0 Å². The first-order valence-corrected chi connectivity index (χ1v) is 19.6. The van der Waals surface area contributed by atoms with Crippen LogP contribution in [0.4, 0.5) is 4.79 Å². The van der Waals surface area contributed by atoms with Gasteiger partial charge < -0.3 is 30.6 Å². The molecular formula is C39H54N6O7S. The fraction of sp³-hybridized carbons (Fsp3) is 0.487. The van der Waals surface area contributed by atoms with Crippen LogP contribution in [0, 0.1) is 11.8 Å². The first-order valence-electron chi connectivity index (χ1n) is 18.2. The van der Waals surface area contributed by atoms with Crippen molar-refractivity contribution in [2.75, 3.05) is 27.2 Å². The van der Waals surface area contributed by atoms with Gasteiger partial charge in [-0.15, -0.1) is 0 Å². The number of sulfonamides is 1. The standard InChI is InChI=1S/C39H54N6O7S/c1-5-28(2)37(43-39(48)44(3)25-32-16-11-17-33(41-32)27-52-4)38(47)42-35(22-29-12-7-6-8-13-29)36(46)26-45(24-31-14-9-10-15-31)53(50,51)34-20-18-30(19-21-34)23-40-49/h6-8,11-13,16-21,23,28,31,35-37,46,49H,5,9-10,14-15,22,24-27H2,1-4H3,(H,42,47)(H,43,48)/b40-23+/t28?,35-,36+,37?/m0/s1. The molecule has 0 spiro atoms. The number of amides is 3. The Morgan fingerprint density at radius 3 is 2.34 bits per heavy atom. The molecule has 14 heteroatoms. The molecule has 3 aromatic rings. The number of oxime groups is 1. The molecule has 1 aliphatic rings. The Hall–Kier alpha value is -4.37. The number of carbonyl (C=O) groups is 2. The molecule has 1 saturated carbocycles. The van der Waals surface area contributed by atoms with Crippen LogP contribution in [0.15, 0.2) is 82.8 Å². The van der Waals surface area contributed by atoms with Crippen LogP contribution in [0.2, 0.25) is 0 Å². The summed E-state index contributed by atoms with van der Waals surface area (Å²) >= 11 is 0. The molecule has 0 radical (unpaired) electrons. The van der Waals surface area contributed by atoms with Crippen molar-refractivity contribution in [3.63, 3.8) is 0 Å². The number of pyridine rings is 1. The highest BCUT2D eigenvalue weighted by molar-refractivity contribution is 7.89. The summed E-state index contributed by atoms with van der Waals surface area (Å²) in [5, 5.41) is 29.7. The van der Waals surface area contributed by atoms with Crippen LogP contribution >= 0.6 is 0 Å². The van der Waals surface area contributed by atoms with Crippen LogP contribution in [0.5, 0.6) is 0 Å². The first-order chi connectivity index (χ1) is 25.4. The molecule has 1 aromatic heterocycles. The number of benzene rings is 2. The number of aliphatic hydroxyl groups is 1. The molecule has 4 rings (SSSR count). The van der Waals surface area contributed by atoms with Gasteiger partial charge in [0.1, 0.15) is 6.04 Å². The van der Waals surface area contributed by atoms with Crippen molar-refractivity contribution in [3.8, 4) is 0 Å². The maximum Gasteiger partial charge on any atom is 0.318 e. The van der Waals surface area contributed by atoms with E-state index in [2.05, 4.69) is 20.8 Å². The van der Waals surface area contributed by atoms with E-state index in [1.54, 1.807) is 26.3 Å². The SMILES string of the molecule is CCC(C)C(NC(=O)N(C)Cc1cccc(COC)n1)C(=O)N[C@@H](Cc1ccccc1)[C@H](O)CN(CC1CCCC1)S(=O)(=O)c1ccc(/C=N/O)cc1. The topological polar surface area (TPSA) is 174 Å². The van der Waals surface area contributed by atoms with Crippen molar-refractivity contribution in [1.82, 2.24) is 24.8 Å². The predicted molar refractivity (Wildman–Crippen MR) is 203 cm³/mol. The van der Waals surface area contributed by atoms with Crippen LogP contribution in [0.25, 0.3) is 0 Å². The zero-order chi connectivity index (χ0) is 38.4. The lowest BCUT2D eigenvalue weighted by Crippen LogP contribution is -2.58. The molecule has 13 nitrogen and oxygen atoms in total. The van der Waals surface area contributed by atoms with Crippen molar-refractivity contribution < 1.29 is 33.1 Å². The van der Waals surface area contributed by atoms with E-state index in [0.29, 0.717) is 24.3 Å². The number of hydrogen-bond acceptors (Lipinski definition) is 9. The minimum atomic E-state index is -4.06. The van der Waals surface area contributed by atoms with E-state index < -0.39 is 40.1 Å². The van der Waals surface area contributed by atoms with Gasteiger partial charge in [-0.05, 0) is 66.5 Å². The molecule has 1 fully saturated rings. The minimum absolute atomic E-state index is 0.0470. The zero-order valence-electron chi connectivity index (χ0n) is 31.1. The van der Waals surface area contributed by atoms with E-state index in [9.17, 15) is 23.1 Å². The Morgan fingerprint density at radius 1 is 1.02 bits per heavy atom. The highest BCUT2D eigenvalue weighted by atomic mass is 32.2. The maximum absolute atomic E-state index is 14.1. The van der Waals surface area contributed by atoms with Gasteiger partial charge in [-0.2, -0.15) is 4.31 Å². The number of nitrogens with one attached hydrogen (secondary N) is 2. The third kappa shape index (κ3) is 12.1. The lowest BCUT2D eigenvalue weighted by Gasteiger charge is -2.33. The van der Waals surface area contributed by atoms with Gasteiger partial charge in [0.15, 0.2) is 0 Å². The molecule has 2 unspecified atom stereocenters. The number of urea groups is 1. The number of hydrogen-bond donors (Lipinski definition) is 4. The maximum atomic E-state index is 14.1. The molecular weight excluding hydrogens is 697 g/mol. The second kappa shape index (κ2) is 20.2. The van der Waals surface area contributed by atoms with Gasteiger partial charge in [-0.3, -0.25) is 9.78 Å². The Labute approximate surface area is 313 Å². The van der Waals surface area contributed by atoms with Gasteiger partial charge in [0.2, 0.25) is 15.9 Å². The molecule has 1 aliphatic carbocycles. The van der Waals surface area contributed by atoms with Gasteiger partial charge in [0, 0.05) is 27.2 Å². The molecule has 53 heavy (non-hydrogen) atoms. The molecule has 4 N–H and O–H groups in total. The van der Waals surface area contributed by atoms with Gasteiger partial charge in [-0.1, -0.05) is 86.8 Å². The molecule has 4 atom stereocenters. The second-order valence-electron chi connectivity index (χ2n) is 13.9. The predicted octanol–water partition coefficient (Wildman–Crippen LogP) is 4.56. The number of nitrogens with zero attached hydrogens (tertiary/aromatic N) is 4. The van der Waals surface area contributed by atoms with Gasteiger partial charge >= 0.3 is 6.03 Å². The van der Waals surface area contributed by atoms with E-state index in [4.69, 9.17) is 9.94 Å². The molecule has 2 aromatic carbocycles. The normalized spacial score (nSPS) is 16.0. The van der Waals surface area contributed by atoms with Crippen molar-refractivity contribution >= 4 is 28.2 Å². The first kappa shape index (κ1) is 41.4. The number of ether oxygens (including phenoxy) is 1. The third-order valence-electron chi connectivity index (χ3n) is 9.82. The van der Waals surface area contributed by atoms with Gasteiger partial charge in [-0.25, -0.2) is 13.2 Å².